The molecule has 0 spiro atoms. The van der Waals surface area contributed by atoms with Gasteiger partial charge in [0, 0.05) is 11.1 Å². The number of hydrogen-bond donors (Lipinski definition) is 1. The molecule has 0 aliphatic heterocycles. The lowest BCUT2D eigenvalue weighted by molar-refractivity contribution is 0.0697. The minimum atomic E-state index is -1.03. The Morgan fingerprint density at radius 3 is 2.29 bits per heavy atom. The third kappa shape index (κ3) is 2.08. The van der Waals surface area contributed by atoms with Gasteiger partial charge < -0.3 is 5.11 Å². The molecule has 0 fully saturated rings. The van der Waals surface area contributed by atoms with Crippen LogP contribution in [0.25, 0.3) is 11.1 Å². The van der Waals surface area contributed by atoms with Crippen molar-refractivity contribution in [2.75, 3.05) is 0 Å². The maximum Gasteiger partial charge on any atom is 0.336 e. The van der Waals surface area contributed by atoms with Crippen LogP contribution in [-0.2, 0) is 0 Å². The first-order chi connectivity index (χ1) is 8.24. The minimum Gasteiger partial charge on any atom is -0.478 e. The third-order valence-corrected chi connectivity index (χ3v) is 2.52. The van der Waals surface area contributed by atoms with E-state index in [9.17, 15) is 9.59 Å². The molecule has 0 aromatic heterocycles. The molecule has 2 aromatic carbocycles. The van der Waals surface area contributed by atoms with Gasteiger partial charge in [0.2, 0.25) is 0 Å². The van der Waals surface area contributed by atoms with E-state index in [-0.39, 0.29) is 5.56 Å². The smallest absolute Gasteiger partial charge is 0.336 e. The fraction of sp³-hybridized carbons (Fsp3) is 0. The van der Waals surface area contributed by atoms with Crippen molar-refractivity contribution < 1.29 is 14.7 Å². The number of carbonyl (C=O) groups excluding carboxylic acids is 1. The molecule has 0 amide bonds. The average Bonchev–Trinajstić information content (AvgIpc) is 2.38. The van der Waals surface area contributed by atoms with Gasteiger partial charge in [0.15, 0.2) is 6.29 Å². The molecule has 3 heteroatoms. The molecule has 84 valence electrons. The fourth-order valence-electron chi connectivity index (χ4n) is 1.77. The Labute approximate surface area is 98.3 Å². The molecule has 17 heavy (non-hydrogen) atoms. The highest BCUT2D eigenvalue weighted by atomic mass is 16.4. The summed E-state index contributed by atoms with van der Waals surface area (Å²) in [5, 5.41) is 9.13. The van der Waals surface area contributed by atoms with Gasteiger partial charge in [-0.05, 0) is 11.6 Å². The van der Waals surface area contributed by atoms with E-state index in [4.69, 9.17) is 5.11 Å². The number of aldehydes is 1. The second-order valence-electron chi connectivity index (χ2n) is 3.56. The molecule has 0 aliphatic rings. The van der Waals surface area contributed by atoms with E-state index in [0.29, 0.717) is 17.4 Å². The quantitative estimate of drug-likeness (QED) is 0.819. The Morgan fingerprint density at radius 2 is 1.71 bits per heavy atom. The summed E-state index contributed by atoms with van der Waals surface area (Å²) in [6.07, 6.45) is 0.675. The molecule has 2 aromatic rings. The summed E-state index contributed by atoms with van der Waals surface area (Å²) in [5.74, 6) is -1.03. The molecule has 0 aliphatic carbocycles. The van der Waals surface area contributed by atoms with Gasteiger partial charge in [-0.15, -0.1) is 0 Å². The molecule has 0 unspecified atom stereocenters. The summed E-state index contributed by atoms with van der Waals surface area (Å²) >= 11 is 0. The number of aromatic carboxylic acids is 1. The van der Waals surface area contributed by atoms with Gasteiger partial charge in [-0.1, -0.05) is 42.5 Å². The van der Waals surface area contributed by atoms with Crippen molar-refractivity contribution in [1.82, 2.24) is 0 Å². The Morgan fingerprint density at radius 1 is 1.00 bits per heavy atom. The Hall–Kier alpha value is -2.42. The molecule has 0 heterocycles. The summed E-state index contributed by atoms with van der Waals surface area (Å²) < 4.78 is 0. The topological polar surface area (TPSA) is 54.4 Å². The van der Waals surface area contributed by atoms with Crippen molar-refractivity contribution in [3.63, 3.8) is 0 Å². The van der Waals surface area contributed by atoms with E-state index in [1.807, 2.05) is 18.2 Å². The van der Waals surface area contributed by atoms with E-state index in [0.717, 1.165) is 5.56 Å². The molecule has 0 saturated carbocycles. The molecular weight excluding hydrogens is 216 g/mol. The number of hydrogen-bond acceptors (Lipinski definition) is 2. The second kappa shape index (κ2) is 4.61. The summed E-state index contributed by atoms with van der Waals surface area (Å²) in [4.78, 5) is 22.1. The number of carbonyl (C=O) groups is 2. The first kappa shape index (κ1) is 11.1. The first-order valence-corrected chi connectivity index (χ1v) is 5.11. The van der Waals surface area contributed by atoms with Gasteiger partial charge in [0.1, 0.15) is 0 Å². The zero-order chi connectivity index (χ0) is 12.3. The van der Waals surface area contributed by atoms with Crippen molar-refractivity contribution >= 4 is 12.3 Å². The van der Waals surface area contributed by atoms with E-state index in [2.05, 4.69) is 0 Å². The van der Waals surface area contributed by atoms with Crippen molar-refractivity contribution in [2.45, 2.75) is 0 Å². The van der Waals surface area contributed by atoms with E-state index < -0.39 is 5.97 Å². The van der Waals surface area contributed by atoms with Crippen LogP contribution in [0.5, 0.6) is 0 Å². The summed E-state index contributed by atoms with van der Waals surface area (Å²) in [6, 6.07) is 13.7. The molecule has 0 bridgehead atoms. The van der Waals surface area contributed by atoms with Gasteiger partial charge in [-0.25, -0.2) is 4.79 Å². The van der Waals surface area contributed by atoms with Crippen LogP contribution >= 0.6 is 0 Å². The zero-order valence-electron chi connectivity index (χ0n) is 8.96. The summed E-state index contributed by atoms with van der Waals surface area (Å²) in [7, 11) is 0. The van der Waals surface area contributed by atoms with Crippen LogP contribution in [0, 0.1) is 0 Å². The van der Waals surface area contributed by atoms with Gasteiger partial charge >= 0.3 is 5.97 Å². The molecule has 0 radical (unpaired) electrons. The fourth-order valence-corrected chi connectivity index (χ4v) is 1.77. The van der Waals surface area contributed by atoms with Crippen molar-refractivity contribution in [1.29, 1.82) is 0 Å². The lowest BCUT2D eigenvalue weighted by Gasteiger charge is -2.08. The Bertz CT molecular complexity index is 559. The maximum absolute atomic E-state index is 11.1. The normalized spacial score (nSPS) is 9.88. The van der Waals surface area contributed by atoms with Gasteiger partial charge in [-0.2, -0.15) is 0 Å². The SMILES string of the molecule is O=Cc1cccc(C(=O)O)c1-c1ccccc1. The highest BCUT2D eigenvalue weighted by molar-refractivity contribution is 6.01. The summed E-state index contributed by atoms with van der Waals surface area (Å²) in [5.41, 5.74) is 1.72. The standard InChI is InChI=1S/C14H10O3/c15-9-11-7-4-8-12(14(16)17)13(11)10-5-2-1-3-6-10/h1-9H,(H,16,17). The third-order valence-electron chi connectivity index (χ3n) is 2.52. The average molecular weight is 226 g/mol. The Balaban J connectivity index is 2.73. The number of rotatable bonds is 3. The molecular formula is C14H10O3. The minimum absolute atomic E-state index is 0.140. The molecule has 2 rings (SSSR count). The van der Waals surface area contributed by atoms with Gasteiger partial charge in [-0.3, -0.25) is 4.79 Å². The van der Waals surface area contributed by atoms with Crippen LogP contribution in [0.1, 0.15) is 20.7 Å². The monoisotopic (exact) mass is 226 g/mol. The maximum atomic E-state index is 11.1. The van der Waals surface area contributed by atoms with Crippen LogP contribution in [0.4, 0.5) is 0 Å². The first-order valence-electron chi connectivity index (χ1n) is 5.11. The summed E-state index contributed by atoms with van der Waals surface area (Å²) in [6.45, 7) is 0. The van der Waals surface area contributed by atoms with E-state index in [1.165, 1.54) is 6.07 Å². The van der Waals surface area contributed by atoms with Crippen molar-refractivity contribution in [3.05, 3.63) is 59.7 Å². The lowest BCUT2D eigenvalue weighted by atomic mass is 9.95. The lowest BCUT2D eigenvalue weighted by Crippen LogP contribution is -2.02. The van der Waals surface area contributed by atoms with Crippen LogP contribution in [-0.4, -0.2) is 17.4 Å². The molecule has 3 nitrogen and oxygen atoms in total. The second-order valence-corrected chi connectivity index (χ2v) is 3.56. The van der Waals surface area contributed by atoms with Crippen LogP contribution in [0.2, 0.25) is 0 Å². The van der Waals surface area contributed by atoms with Crippen molar-refractivity contribution in [2.24, 2.45) is 0 Å². The van der Waals surface area contributed by atoms with E-state index in [1.54, 1.807) is 24.3 Å². The number of carboxylic acids is 1. The van der Waals surface area contributed by atoms with Crippen LogP contribution in [0.15, 0.2) is 48.5 Å². The number of carboxylic acid groups (broad SMARTS) is 1. The van der Waals surface area contributed by atoms with Gasteiger partial charge in [0.05, 0.1) is 5.56 Å². The van der Waals surface area contributed by atoms with Crippen LogP contribution < -0.4 is 0 Å². The zero-order valence-corrected chi connectivity index (χ0v) is 8.96. The number of benzene rings is 2. The predicted molar refractivity (Wildman–Crippen MR) is 64.2 cm³/mol. The molecule has 0 saturated heterocycles. The highest BCUT2D eigenvalue weighted by Gasteiger charge is 2.14. The highest BCUT2D eigenvalue weighted by Crippen LogP contribution is 2.26. The molecule has 1 N–H and O–H groups in total. The van der Waals surface area contributed by atoms with Crippen molar-refractivity contribution in [3.8, 4) is 11.1 Å². The van der Waals surface area contributed by atoms with E-state index >= 15 is 0 Å². The largest absolute Gasteiger partial charge is 0.478 e. The van der Waals surface area contributed by atoms with Crippen LogP contribution in [0.3, 0.4) is 0 Å². The Kier molecular flexibility index (Phi) is 3.01. The molecule has 0 atom stereocenters. The van der Waals surface area contributed by atoms with Gasteiger partial charge in [0.25, 0.3) is 0 Å². The predicted octanol–water partition coefficient (Wildman–Crippen LogP) is 2.86.